The number of fused-ring (bicyclic) bond motifs is 1. The van der Waals surface area contributed by atoms with Crippen molar-refractivity contribution in [2.45, 2.75) is 26.3 Å². The van der Waals surface area contributed by atoms with Gasteiger partial charge in [-0.25, -0.2) is 0 Å². The Morgan fingerprint density at radius 1 is 1.28 bits per heavy atom. The molecule has 0 unspecified atom stereocenters. The Morgan fingerprint density at radius 2 is 2.00 bits per heavy atom. The highest BCUT2D eigenvalue weighted by atomic mass is 16.3. The summed E-state index contributed by atoms with van der Waals surface area (Å²) in [6.07, 6.45) is 0.737. The second kappa shape index (κ2) is 5.08. The van der Waals surface area contributed by atoms with Crippen LogP contribution >= 0.6 is 0 Å². The summed E-state index contributed by atoms with van der Waals surface area (Å²) in [5.41, 5.74) is 0.797. The molecule has 2 aromatic rings. The lowest BCUT2D eigenvalue weighted by Gasteiger charge is -2.19. The fraction of sp³-hybridized carbons (Fsp3) is 0.267. The molecule has 3 heteroatoms. The van der Waals surface area contributed by atoms with Gasteiger partial charge in [0.15, 0.2) is 0 Å². The van der Waals surface area contributed by atoms with Crippen LogP contribution in [0.5, 0.6) is 5.75 Å². The van der Waals surface area contributed by atoms with Gasteiger partial charge >= 0.3 is 0 Å². The average Bonchev–Trinajstić information content (AvgIpc) is 2.36. The molecule has 2 aromatic carbocycles. The summed E-state index contributed by atoms with van der Waals surface area (Å²) in [4.78, 5) is 11.2. The predicted molar refractivity (Wildman–Crippen MR) is 72.5 cm³/mol. The molecule has 0 saturated heterocycles. The van der Waals surface area contributed by atoms with Crippen LogP contribution < -0.4 is 5.32 Å². The third kappa shape index (κ3) is 2.30. The monoisotopic (exact) mass is 243 g/mol. The Kier molecular flexibility index (Phi) is 3.51. The van der Waals surface area contributed by atoms with E-state index in [1.54, 1.807) is 6.07 Å². The normalized spacial score (nSPS) is 12.3. The fourth-order valence-electron chi connectivity index (χ4n) is 2.27. The third-order valence-electron chi connectivity index (χ3n) is 3.08. The maximum Gasteiger partial charge on any atom is 0.217 e. The molecule has 0 aromatic heterocycles. The summed E-state index contributed by atoms with van der Waals surface area (Å²) in [6.45, 7) is 3.48. The van der Waals surface area contributed by atoms with Crippen molar-refractivity contribution < 1.29 is 9.90 Å². The fourth-order valence-corrected chi connectivity index (χ4v) is 2.27. The van der Waals surface area contributed by atoms with Crippen LogP contribution in [0.25, 0.3) is 10.8 Å². The molecule has 0 spiro atoms. The first kappa shape index (κ1) is 12.4. The maximum absolute atomic E-state index is 11.2. The van der Waals surface area contributed by atoms with Crippen molar-refractivity contribution in [3.05, 3.63) is 42.0 Å². The van der Waals surface area contributed by atoms with E-state index >= 15 is 0 Å². The van der Waals surface area contributed by atoms with Crippen LogP contribution in [0.2, 0.25) is 0 Å². The number of hydrogen-bond donors (Lipinski definition) is 2. The second-order valence-electron chi connectivity index (χ2n) is 4.38. The Balaban J connectivity index is 2.60. The number of phenolic OH excluding ortho intramolecular Hbond substituents is 1. The summed E-state index contributed by atoms with van der Waals surface area (Å²) in [5, 5.41) is 15.0. The molecular formula is C15H17NO2. The van der Waals surface area contributed by atoms with Crippen LogP contribution in [0.4, 0.5) is 0 Å². The zero-order valence-corrected chi connectivity index (χ0v) is 10.6. The van der Waals surface area contributed by atoms with E-state index in [1.165, 1.54) is 6.92 Å². The molecule has 18 heavy (non-hydrogen) atoms. The molecule has 0 heterocycles. The molecular weight excluding hydrogens is 226 g/mol. The van der Waals surface area contributed by atoms with Crippen molar-refractivity contribution in [1.29, 1.82) is 0 Å². The molecule has 0 saturated carbocycles. The lowest BCUT2D eigenvalue weighted by atomic mass is 9.96. The lowest BCUT2D eigenvalue weighted by Crippen LogP contribution is -2.25. The van der Waals surface area contributed by atoms with E-state index in [2.05, 4.69) is 5.32 Å². The summed E-state index contributed by atoms with van der Waals surface area (Å²) in [6, 6.07) is 11.3. The number of amides is 1. The number of nitrogens with one attached hydrogen (secondary N) is 1. The van der Waals surface area contributed by atoms with E-state index < -0.39 is 0 Å². The number of benzene rings is 2. The summed E-state index contributed by atoms with van der Waals surface area (Å²) >= 11 is 0. The topological polar surface area (TPSA) is 49.3 Å². The van der Waals surface area contributed by atoms with E-state index in [0.29, 0.717) is 0 Å². The average molecular weight is 243 g/mol. The number of carbonyl (C=O) groups excluding carboxylic acids is 1. The minimum atomic E-state index is -0.159. The quantitative estimate of drug-likeness (QED) is 0.870. The smallest absolute Gasteiger partial charge is 0.217 e. The number of aromatic hydroxyl groups is 1. The van der Waals surface area contributed by atoms with Crippen LogP contribution in [-0.2, 0) is 4.79 Å². The van der Waals surface area contributed by atoms with Gasteiger partial charge in [-0.15, -0.1) is 0 Å². The maximum atomic E-state index is 11.2. The minimum Gasteiger partial charge on any atom is -0.508 e. The SMILES string of the molecule is CC[C@H](NC(C)=O)c1c(O)ccc2ccccc12. The first-order chi connectivity index (χ1) is 8.63. The van der Waals surface area contributed by atoms with Gasteiger partial charge in [-0.2, -0.15) is 0 Å². The molecule has 1 atom stereocenters. The Hall–Kier alpha value is -2.03. The lowest BCUT2D eigenvalue weighted by molar-refractivity contribution is -0.119. The van der Waals surface area contributed by atoms with Gasteiger partial charge in [-0.1, -0.05) is 37.3 Å². The largest absolute Gasteiger partial charge is 0.508 e. The number of hydrogen-bond acceptors (Lipinski definition) is 2. The van der Waals surface area contributed by atoms with Crippen LogP contribution in [0.15, 0.2) is 36.4 Å². The van der Waals surface area contributed by atoms with Gasteiger partial charge in [0.05, 0.1) is 6.04 Å². The summed E-state index contributed by atoms with van der Waals surface area (Å²) in [5.74, 6) is 0.142. The molecule has 3 nitrogen and oxygen atoms in total. The van der Waals surface area contributed by atoms with E-state index in [9.17, 15) is 9.90 Å². The molecule has 0 aliphatic carbocycles. The molecule has 0 aliphatic heterocycles. The van der Waals surface area contributed by atoms with E-state index in [-0.39, 0.29) is 17.7 Å². The minimum absolute atomic E-state index is 0.0887. The molecule has 2 rings (SSSR count). The first-order valence-corrected chi connectivity index (χ1v) is 6.11. The third-order valence-corrected chi connectivity index (χ3v) is 3.08. The van der Waals surface area contributed by atoms with E-state index in [4.69, 9.17) is 0 Å². The number of rotatable bonds is 3. The molecule has 94 valence electrons. The zero-order valence-electron chi connectivity index (χ0n) is 10.6. The highest BCUT2D eigenvalue weighted by Gasteiger charge is 2.17. The summed E-state index contributed by atoms with van der Waals surface area (Å²) < 4.78 is 0. The van der Waals surface area contributed by atoms with Crippen molar-refractivity contribution in [3.8, 4) is 5.75 Å². The zero-order chi connectivity index (χ0) is 13.1. The van der Waals surface area contributed by atoms with Gasteiger partial charge in [0.2, 0.25) is 5.91 Å². The van der Waals surface area contributed by atoms with Gasteiger partial charge in [0.1, 0.15) is 5.75 Å². The Bertz CT molecular complexity index is 578. The summed E-state index contributed by atoms with van der Waals surface area (Å²) in [7, 11) is 0. The highest BCUT2D eigenvalue weighted by molar-refractivity contribution is 5.88. The van der Waals surface area contributed by atoms with Gasteiger partial charge in [0, 0.05) is 12.5 Å². The second-order valence-corrected chi connectivity index (χ2v) is 4.38. The van der Waals surface area contributed by atoms with Crippen molar-refractivity contribution in [2.24, 2.45) is 0 Å². The van der Waals surface area contributed by atoms with Crippen molar-refractivity contribution in [1.82, 2.24) is 5.32 Å². The molecule has 0 aliphatic rings. The van der Waals surface area contributed by atoms with Gasteiger partial charge in [0.25, 0.3) is 0 Å². The predicted octanol–water partition coefficient (Wildman–Crippen LogP) is 3.13. The molecule has 0 fully saturated rings. The van der Waals surface area contributed by atoms with Crippen LogP contribution in [0.3, 0.4) is 0 Å². The van der Waals surface area contributed by atoms with E-state index in [1.807, 2.05) is 37.3 Å². The van der Waals surface area contributed by atoms with Crippen molar-refractivity contribution in [3.63, 3.8) is 0 Å². The van der Waals surface area contributed by atoms with Crippen LogP contribution in [0, 0.1) is 0 Å². The molecule has 2 N–H and O–H groups in total. The van der Waals surface area contributed by atoms with Gasteiger partial charge < -0.3 is 10.4 Å². The van der Waals surface area contributed by atoms with Crippen molar-refractivity contribution in [2.75, 3.05) is 0 Å². The van der Waals surface area contributed by atoms with Gasteiger partial charge in [-0.3, -0.25) is 4.79 Å². The standard InChI is InChI=1S/C15H17NO2/c1-3-13(16-10(2)17)15-12-7-5-4-6-11(12)8-9-14(15)18/h4-9,13,18H,3H2,1-2H3,(H,16,17)/t13-/m0/s1. The van der Waals surface area contributed by atoms with Crippen LogP contribution in [-0.4, -0.2) is 11.0 Å². The Morgan fingerprint density at radius 3 is 2.67 bits per heavy atom. The van der Waals surface area contributed by atoms with Crippen molar-refractivity contribution >= 4 is 16.7 Å². The molecule has 0 bridgehead atoms. The number of carbonyl (C=O) groups is 1. The number of phenols is 1. The first-order valence-electron chi connectivity index (χ1n) is 6.11. The molecule has 0 radical (unpaired) electrons. The Labute approximate surface area is 106 Å². The van der Waals surface area contributed by atoms with Crippen LogP contribution in [0.1, 0.15) is 31.9 Å². The van der Waals surface area contributed by atoms with Gasteiger partial charge in [-0.05, 0) is 23.3 Å². The molecule has 1 amide bonds. The highest BCUT2D eigenvalue weighted by Crippen LogP contribution is 2.33. The van der Waals surface area contributed by atoms with E-state index in [0.717, 1.165) is 22.8 Å².